The molecular weight excluding hydrogens is 348 g/mol. The van der Waals surface area contributed by atoms with Gasteiger partial charge in [0.25, 0.3) is 0 Å². The molecule has 2 aromatic rings. The molecule has 2 aliphatic rings. The lowest BCUT2D eigenvalue weighted by Crippen LogP contribution is -2.42. The molecule has 5 nitrogen and oxygen atoms in total. The van der Waals surface area contributed by atoms with E-state index in [-0.39, 0.29) is 6.03 Å². The Kier molecular flexibility index (Phi) is 5.44. The van der Waals surface area contributed by atoms with E-state index in [2.05, 4.69) is 47.7 Å². The molecule has 1 N–H and O–H groups in total. The number of benzene rings is 1. The Morgan fingerprint density at radius 1 is 1.25 bits per heavy atom. The highest BCUT2D eigenvalue weighted by molar-refractivity contribution is 5.99. The van der Waals surface area contributed by atoms with E-state index in [4.69, 9.17) is 0 Å². The molecule has 0 bridgehead atoms. The largest absolute Gasteiger partial charge is 0.336 e. The number of aromatic nitrogens is 1. The van der Waals surface area contributed by atoms with Crippen LogP contribution in [0.1, 0.15) is 51.2 Å². The van der Waals surface area contributed by atoms with Crippen LogP contribution in [0.5, 0.6) is 0 Å². The summed E-state index contributed by atoms with van der Waals surface area (Å²) in [7, 11) is 0. The maximum atomic E-state index is 12.6. The minimum Gasteiger partial charge on any atom is -0.324 e. The summed E-state index contributed by atoms with van der Waals surface area (Å²) in [5.74, 6) is 0. The van der Waals surface area contributed by atoms with Crippen molar-refractivity contribution < 1.29 is 4.79 Å². The molecule has 0 spiro atoms. The molecule has 1 aliphatic heterocycles. The second-order valence-corrected chi connectivity index (χ2v) is 7.87. The van der Waals surface area contributed by atoms with Gasteiger partial charge in [0.1, 0.15) is 0 Å². The van der Waals surface area contributed by atoms with Crippen LogP contribution in [0.15, 0.2) is 30.5 Å². The Labute approximate surface area is 168 Å². The van der Waals surface area contributed by atoms with Crippen molar-refractivity contribution in [3.05, 3.63) is 41.6 Å². The van der Waals surface area contributed by atoms with Gasteiger partial charge in [-0.05, 0) is 62.4 Å². The van der Waals surface area contributed by atoms with Crippen molar-refractivity contribution in [2.24, 2.45) is 0 Å². The van der Waals surface area contributed by atoms with Crippen LogP contribution < -0.4 is 5.43 Å². The number of hydrogen-bond acceptors (Lipinski definition) is 2. The van der Waals surface area contributed by atoms with Gasteiger partial charge in [-0.3, -0.25) is 9.58 Å². The third kappa shape index (κ3) is 3.22. The standard InChI is InChI=1S/C23H32N4O/c1-4-7-13-26-14-9-11-18-19-10-8-12-20-22(19)17(15-21(18)26)16-27(20)24-23(28)25(5-2)6-3/h8,10-12,16,21H,4-7,9,13-15H2,1-3H3,(H,24,28)/t21-/m1/s1. The van der Waals surface area contributed by atoms with Crippen LogP contribution in [0.3, 0.4) is 0 Å². The number of carbonyl (C=O) groups excluding carboxylic acids is 1. The van der Waals surface area contributed by atoms with E-state index in [0.717, 1.165) is 24.9 Å². The fraction of sp³-hybridized carbons (Fsp3) is 0.522. The summed E-state index contributed by atoms with van der Waals surface area (Å²) in [5, 5.41) is 1.31. The highest BCUT2D eigenvalue weighted by Gasteiger charge is 2.33. The van der Waals surface area contributed by atoms with Crippen molar-refractivity contribution in [2.75, 3.05) is 31.6 Å². The van der Waals surface area contributed by atoms with Crippen LogP contribution in [0, 0.1) is 0 Å². The van der Waals surface area contributed by atoms with Gasteiger partial charge >= 0.3 is 6.03 Å². The summed E-state index contributed by atoms with van der Waals surface area (Å²) in [6, 6.07) is 6.91. The fourth-order valence-corrected chi connectivity index (χ4v) is 4.78. The Balaban J connectivity index is 1.70. The van der Waals surface area contributed by atoms with Gasteiger partial charge in [0.15, 0.2) is 0 Å². The second-order valence-electron chi connectivity index (χ2n) is 7.87. The number of rotatable bonds is 6. The number of unbranched alkanes of at least 4 members (excludes halogenated alkanes) is 1. The van der Waals surface area contributed by atoms with Gasteiger partial charge in [0, 0.05) is 37.3 Å². The Hall–Kier alpha value is -2.27. The van der Waals surface area contributed by atoms with E-state index in [1.165, 1.54) is 41.5 Å². The number of urea groups is 1. The quantitative estimate of drug-likeness (QED) is 0.804. The first-order valence-corrected chi connectivity index (χ1v) is 10.8. The highest BCUT2D eigenvalue weighted by Crippen LogP contribution is 2.41. The molecule has 4 rings (SSSR count). The molecule has 150 valence electrons. The molecule has 1 aromatic heterocycles. The summed E-state index contributed by atoms with van der Waals surface area (Å²) < 4.78 is 1.93. The Morgan fingerprint density at radius 3 is 2.82 bits per heavy atom. The summed E-state index contributed by atoms with van der Waals surface area (Å²) >= 11 is 0. The first kappa shape index (κ1) is 19.1. The summed E-state index contributed by atoms with van der Waals surface area (Å²) in [5.41, 5.74) is 8.36. The van der Waals surface area contributed by atoms with Crippen molar-refractivity contribution in [2.45, 2.75) is 52.5 Å². The van der Waals surface area contributed by atoms with Crippen LogP contribution in [-0.4, -0.2) is 52.7 Å². The van der Waals surface area contributed by atoms with Crippen LogP contribution in [0.4, 0.5) is 4.79 Å². The lowest BCUT2D eigenvalue weighted by Gasteiger charge is -2.39. The number of hydrogen-bond donors (Lipinski definition) is 1. The number of nitrogens with one attached hydrogen (secondary N) is 1. The third-order valence-electron chi connectivity index (χ3n) is 6.28. The topological polar surface area (TPSA) is 40.5 Å². The average Bonchev–Trinajstić information content (AvgIpc) is 3.06. The molecule has 0 saturated carbocycles. The Morgan fingerprint density at radius 2 is 2.07 bits per heavy atom. The molecule has 1 aliphatic carbocycles. The third-order valence-corrected chi connectivity index (χ3v) is 6.28. The van der Waals surface area contributed by atoms with Gasteiger partial charge in [-0.2, -0.15) is 0 Å². The van der Waals surface area contributed by atoms with Gasteiger partial charge in [0.05, 0.1) is 5.52 Å². The highest BCUT2D eigenvalue weighted by atomic mass is 16.2. The molecule has 1 aromatic carbocycles. The molecule has 0 fully saturated rings. The molecule has 1 atom stereocenters. The molecule has 0 unspecified atom stereocenters. The van der Waals surface area contributed by atoms with Crippen LogP contribution in [0.2, 0.25) is 0 Å². The summed E-state index contributed by atoms with van der Waals surface area (Å²) in [4.78, 5) is 17.1. The maximum absolute atomic E-state index is 12.6. The molecule has 5 heteroatoms. The lowest BCUT2D eigenvalue weighted by molar-refractivity contribution is 0.214. The molecule has 0 saturated heterocycles. The molecule has 28 heavy (non-hydrogen) atoms. The zero-order valence-electron chi connectivity index (χ0n) is 17.4. The molecule has 0 radical (unpaired) electrons. The van der Waals surface area contributed by atoms with E-state index >= 15 is 0 Å². The lowest BCUT2D eigenvalue weighted by atomic mass is 9.81. The van der Waals surface area contributed by atoms with Crippen LogP contribution >= 0.6 is 0 Å². The number of amides is 2. The van der Waals surface area contributed by atoms with Crippen LogP contribution in [-0.2, 0) is 6.42 Å². The van der Waals surface area contributed by atoms with E-state index in [0.29, 0.717) is 19.1 Å². The predicted molar refractivity (Wildman–Crippen MR) is 116 cm³/mol. The van der Waals surface area contributed by atoms with Gasteiger partial charge in [-0.1, -0.05) is 31.6 Å². The summed E-state index contributed by atoms with van der Waals surface area (Å²) in [6.45, 7) is 10.0. The van der Waals surface area contributed by atoms with Crippen molar-refractivity contribution in [1.29, 1.82) is 0 Å². The number of fused-ring (bicyclic) bond motifs is 2. The Bertz CT molecular complexity index is 893. The van der Waals surface area contributed by atoms with Gasteiger partial charge < -0.3 is 4.90 Å². The average molecular weight is 381 g/mol. The predicted octanol–water partition coefficient (Wildman–Crippen LogP) is 4.46. The molecule has 2 amide bonds. The monoisotopic (exact) mass is 380 g/mol. The van der Waals surface area contributed by atoms with E-state index in [9.17, 15) is 4.79 Å². The molecule has 2 heterocycles. The van der Waals surface area contributed by atoms with Crippen molar-refractivity contribution in [3.63, 3.8) is 0 Å². The number of carbonyl (C=O) groups is 1. The van der Waals surface area contributed by atoms with Crippen molar-refractivity contribution >= 4 is 22.5 Å². The second kappa shape index (κ2) is 8.00. The van der Waals surface area contributed by atoms with E-state index in [1.807, 2.05) is 23.4 Å². The van der Waals surface area contributed by atoms with Gasteiger partial charge in [-0.25, -0.2) is 10.2 Å². The van der Waals surface area contributed by atoms with E-state index < -0.39 is 0 Å². The van der Waals surface area contributed by atoms with Gasteiger partial charge in [-0.15, -0.1) is 0 Å². The summed E-state index contributed by atoms with van der Waals surface area (Å²) in [6.07, 6.45) is 9.21. The minimum atomic E-state index is -0.0423. The zero-order valence-corrected chi connectivity index (χ0v) is 17.4. The molecular formula is C23H32N4O. The fourth-order valence-electron chi connectivity index (χ4n) is 4.78. The SMILES string of the molecule is CCCCN1CCC=C2c3cccc4c3c(cn4NC(=O)N(CC)CC)C[C@H]21. The normalized spacial score (nSPS) is 18.7. The smallest absolute Gasteiger partial charge is 0.324 e. The van der Waals surface area contributed by atoms with Crippen molar-refractivity contribution in [1.82, 2.24) is 14.5 Å². The first-order chi connectivity index (χ1) is 13.7. The van der Waals surface area contributed by atoms with Gasteiger partial charge in [0.2, 0.25) is 0 Å². The maximum Gasteiger partial charge on any atom is 0.336 e. The minimum absolute atomic E-state index is 0.0423. The van der Waals surface area contributed by atoms with Crippen molar-refractivity contribution in [3.8, 4) is 0 Å². The zero-order chi connectivity index (χ0) is 19.7. The van der Waals surface area contributed by atoms with Crippen LogP contribution in [0.25, 0.3) is 16.5 Å². The first-order valence-electron chi connectivity index (χ1n) is 10.8. The number of nitrogens with zero attached hydrogens (tertiary/aromatic N) is 3. The van der Waals surface area contributed by atoms with E-state index in [1.54, 1.807) is 0 Å².